The van der Waals surface area contributed by atoms with Gasteiger partial charge >= 0.3 is 0 Å². The van der Waals surface area contributed by atoms with Crippen molar-refractivity contribution < 1.29 is 14.3 Å². The lowest BCUT2D eigenvalue weighted by atomic mass is 10.2. The van der Waals surface area contributed by atoms with Crippen molar-refractivity contribution in [3.05, 3.63) is 29.8 Å². The highest BCUT2D eigenvalue weighted by Gasteiger charge is 2.30. The molecule has 0 spiro atoms. The molecule has 172 valence electrons. The number of rotatable bonds is 8. The minimum absolute atomic E-state index is 0.144. The number of guanidine groups is 1. The number of ether oxygens (including phenoxy) is 2. The van der Waals surface area contributed by atoms with Crippen molar-refractivity contribution in [2.45, 2.75) is 32.4 Å². The summed E-state index contributed by atoms with van der Waals surface area (Å²) in [7, 11) is 4.07. The fraction of sp³-hybridized carbons (Fsp3) is 0.652. The largest absolute Gasteiger partial charge is 0.492 e. The van der Waals surface area contributed by atoms with E-state index in [0.717, 1.165) is 56.3 Å². The molecule has 2 aliphatic rings. The van der Waals surface area contributed by atoms with Crippen molar-refractivity contribution in [2.75, 3.05) is 66.6 Å². The van der Waals surface area contributed by atoms with Crippen LogP contribution in [0.3, 0.4) is 0 Å². The SMILES string of the molecule is CCNC(=NCc1cccc(OCCN(C)C)c1)N1CCN(C(=O)C2CCCO2)CC1. The molecule has 1 unspecified atom stereocenters. The Morgan fingerprint density at radius 2 is 2.03 bits per heavy atom. The van der Waals surface area contributed by atoms with Crippen LogP contribution in [0.5, 0.6) is 5.75 Å². The Morgan fingerprint density at radius 1 is 1.26 bits per heavy atom. The van der Waals surface area contributed by atoms with E-state index in [1.807, 2.05) is 31.1 Å². The second kappa shape index (κ2) is 11.9. The van der Waals surface area contributed by atoms with E-state index in [-0.39, 0.29) is 12.0 Å². The number of likely N-dealkylation sites (N-methyl/N-ethyl adjacent to an activating group) is 1. The van der Waals surface area contributed by atoms with Crippen molar-refractivity contribution in [3.63, 3.8) is 0 Å². The number of piperazine rings is 1. The van der Waals surface area contributed by atoms with Crippen LogP contribution >= 0.6 is 0 Å². The van der Waals surface area contributed by atoms with Gasteiger partial charge in [-0.3, -0.25) is 4.79 Å². The summed E-state index contributed by atoms with van der Waals surface area (Å²) >= 11 is 0. The van der Waals surface area contributed by atoms with Gasteiger partial charge in [-0.1, -0.05) is 12.1 Å². The van der Waals surface area contributed by atoms with Crippen molar-refractivity contribution in [1.82, 2.24) is 20.0 Å². The molecule has 0 bridgehead atoms. The topological polar surface area (TPSA) is 69.6 Å². The molecule has 31 heavy (non-hydrogen) atoms. The molecule has 2 saturated heterocycles. The zero-order chi connectivity index (χ0) is 22.1. The number of hydrogen-bond donors (Lipinski definition) is 1. The quantitative estimate of drug-likeness (QED) is 0.496. The third-order valence-corrected chi connectivity index (χ3v) is 5.55. The molecule has 1 amide bonds. The van der Waals surface area contributed by atoms with Gasteiger partial charge in [0.15, 0.2) is 5.96 Å². The predicted octanol–water partition coefficient (Wildman–Crippen LogP) is 1.42. The second-order valence-corrected chi connectivity index (χ2v) is 8.28. The minimum atomic E-state index is -0.235. The Bertz CT molecular complexity index is 726. The maximum atomic E-state index is 12.6. The summed E-state index contributed by atoms with van der Waals surface area (Å²) in [5.41, 5.74) is 1.12. The number of nitrogens with zero attached hydrogens (tertiary/aromatic N) is 4. The number of nitrogens with one attached hydrogen (secondary N) is 1. The van der Waals surface area contributed by atoms with E-state index in [0.29, 0.717) is 32.8 Å². The first-order valence-corrected chi connectivity index (χ1v) is 11.4. The number of amides is 1. The molecule has 1 aromatic rings. The van der Waals surface area contributed by atoms with Gasteiger partial charge in [0.25, 0.3) is 5.91 Å². The van der Waals surface area contributed by atoms with E-state index in [1.54, 1.807) is 0 Å². The Kier molecular flexibility index (Phi) is 8.97. The van der Waals surface area contributed by atoms with E-state index >= 15 is 0 Å². The van der Waals surface area contributed by atoms with Gasteiger partial charge in [0.05, 0.1) is 6.54 Å². The molecule has 1 aromatic carbocycles. The molecule has 1 N–H and O–H groups in total. The predicted molar refractivity (Wildman–Crippen MR) is 122 cm³/mol. The fourth-order valence-corrected chi connectivity index (χ4v) is 3.79. The number of benzene rings is 1. The van der Waals surface area contributed by atoms with Crippen LogP contribution in [0.4, 0.5) is 0 Å². The maximum Gasteiger partial charge on any atom is 0.251 e. The molecular weight excluding hydrogens is 394 g/mol. The molecular formula is C23H37N5O3. The van der Waals surface area contributed by atoms with Crippen molar-refractivity contribution in [2.24, 2.45) is 4.99 Å². The first-order valence-electron chi connectivity index (χ1n) is 11.4. The molecule has 2 aliphatic heterocycles. The second-order valence-electron chi connectivity index (χ2n) is 8.28. The molecule has 8 heteroatoms. The summed E-state index contributed by atoms with van der Waals surface area (Å²) in [6.45, 7) is 8.68. The molecule has 0 saturated carbocycles. The highest BCUT2D eigenvalue weighted by atomic mass is 16.5. The smallest absolute Gasteiger partial charge is 0.251 e. The van der Waals surface area contributed by atoms with Crippen LogP contribution in [0.2, 0.25) is 0 Å². The summed E-state index contributed by atoms with van der Waals surface area (Å²) in [5, 5.41) is 3.39. The van der Waals surface area contributed by atoms with Gasteiger partial charge in [-0.15, -0.1) is 0 Å². The lowest BCUT2D eigenvalue weighted by molar-refractivity contribution is -0.142. The fourth-order valence-electron chi connectivity index (χ4n) is 3.79. The first-order chi connectivity index (χ1) is 15.1. The van der Waals surface area contributed by atoms with Crippen molar-refractivity contribution >= 4 is 11.9 Å². The highest BCUT2D eigenvalue weighted by Crippen LogP contribution is 2.17. The zero-order valence-electron chi connectivity index (χ0n) is 19.2. The summed E-state index contributed by atoms with van der Waals surface area (Å²) in [5.74, 6) is 1.91. The third-order valence-electron chi connectivity index (χ3n) is 5.55. The van der Waals surface area contributed by atoms with Gasteiger partial charge in [0.1, 0.15) is 18.5 Å². The molecule has 0 aliphatic carbocycles. The Morgan fingerprint density at radius 3 is 2.71 bits per heavy atom. The van der Waals surface area contributed by atoms with Crippen molar-refractivity contribution in [3.8, 4) is 5.75 Å². The number of hydrogen-bond acceptors (Lipinski definition) is 5. The van der Waals surface area contributed by atoms with E-state index in [4.69, 9.17) is 14.5 Å². The molecule has 2 heterocycles. The van der Waals surface area contributed by atoms with Crippen LogP contribution in [0.1, 0.15) is 25.3 Å². The summed E-state index contributed by atoms with van der Waals surface area (Å²) < 4.78 is 11.4. The molecule has 8 nitrogen and oxygen atoms in total. The van der Waals surface area contributed by atoms with Crippen LogP contribution in [0.15, 0.2) is 29.3 Å². The number of carbonyl (C=O) groups is 1. The van der Waals surface area contributed by atoms with Gasteiger partial charge in [-0.05, 0) is 51.6 Å². The number of carbonyl (C=O) groups excluding carboxylic acids is 1. The first kappa shape index (κ1) is 23.3. The lowest BCUT2D eigenvalue weighted by Crippen LogP contribution is -2.55. The normalized spacial score (nSPS) is 19.7. The molecule has 0 aromatic heterocycles. The zero-order valence-corrected chi connectivity index (χ0v) is 19.2. The van der Waals surface area contributed by atoms with Crippen LogP contribution in [0, 0.1) is 0 Å². The standard InChI is InChI=1S/C23H37N5O3/c1-4-24-23(25-18-19-7-5-8-20(17-19)30-16-14-26(2)3)28-12-10-27(11-13-28)22(29)21-9-6-15-31-21/h5,7-8,17,21H,4,6,9-16,18H2,1-3H3,(H,24,25). The van der Waals surface area contributed by atoms with Crippen LogP contribution < -0.4 is 10.1 Å². The summed E-state index contributed by atoms with van der Waals surface area (Å²) in [6.07, 6.45) is 1.59. The number of aliphatic imine (C=N–C) groups is 1. The Hall–Kier alpha value is -2.32. The third kappa shape index (κ3) is 7.11. The minimum Gasteiger partial charge on any atom is -0.492 e. The molecule has 0 radical (unpaired) electrons. The van der Waals surface area contributed by atoms with Gasteiger partial charge in [0, 0.05) is 45.9 Å². The summed E-state index contributed by atoms with van der Waals surface area (Å²) in [6, 6.07) is 8.13. The van der Waals surface area contributed by atoms with E-state index in [9.17, 15) is 4.79 Å². The molecule has 1 atom stereocenters. The van der Waals surface area contributed by atoms with Gasteiger partial charge in [-0.25, -0.2) is 4.99 Å². The lowest BCUT2D eigenvalue weighted by Gasteiger charge is -2.37. The average Bonchev–Trinajstić information content (AvgIpc) is 3.31. The highest BCUT2D eigenvalue weighted by molar-refractivity contribution is 5.82. The van der Waals surface area contributed by atoms with Gasteiger partial charge < -0.3 is 29.5 Å². The van der Waals surface area contributed by atoms with Crippen LogP contribution in [-0.4, -0.2) is 99.2 Å². The van der Waals surface area contributed by atoms with E-state index in [2.05, 4.69) is 34.2 Å². The molecule has 3 rings (SSSR count). The molecule has 2 fully saturated rings. The van der Waals surface area contributed by atoms with Gasteiger partial charge in [-0.2, -0.15) is 0 Å². The van der Waals surface area contributed by atoms with Crippen molar-refractivity contribution in [1.29, 1.82) is 0 Å². The van der Waals surface area contributed by atoms with Gasteiger partial charge in [0.2, 0.25) is 0 Å². The van der Waals surface area contributed by atoms with E-state index < -0.39 is 0 Å². The summed E-state index contributed by atoms with van der Waals surface area (Å²) in [4.78, 5) is 23.7. The van der Waals surface area contributed by atoms with Crippen LogP contribution in [-0.2, 0) is 16.1 Å². The Labute approximate surface area is 186 Å². The van der Waals surface area contributed by atoms with E-state index in [1.165, 1.54) is 0 Å². The average molecular weight is 432 g/mol. The Balaban J connectivity index is 1.54. The monoisotopic (exact) mass is 431 g/mol. The van der Waals surface area contributed by atoms with Crippen LogP contribution in [0.25, 0.3) is 0 Å². The maximum absolute atomic E-state index is 12.6.